The first-order valence-electron chi connectivity index (χ1n) is 10.6. The number of anilines is 2. The molecule has 1 aliphatic rings. The summed E-state index contributed by atoms with van der Waals surface area (Å²) >= 11 is 1.60. The monoisotopic (exact) mass is 450 g/mol. The minimum atomic E-state index is -0.410. The van der Waals surface area contributed by atoms with Crippen LogP contribution in [0.25, 0.3) is 21.5 Å². The number of nitrogens with zero attached hydrogens (tertiary/aromatic N) is 4. The maximum atomic E-state index is 13.5. The summed E-state index contributed by atoms with van der Waals surface area (Å²) in [6.45, 7) is 0.567. The van der Waals surface area contributed by atoms with E-state index in [1.807, 2.05) is 12.1 Å². The highest BCUT2D eigenvalue weighted by Gasteiger charge is 2.23. The molecule has 0 radical (unpaired) electrons. The number of fused-ring (bicyclic) bond motifs is 1. The topological polar surface area (TPSA) is 95.8 Å². The summed E-state index contributed by atoms with van der Waals surface area (Å²) in [5.74, 6) is 0.192. The molecule has 1 saturated carbocycles. The minimum Gasteiger partial charge on any atom is -0.391 e. The van der Waals surface area contributed by atoms with Gasteiger partial charge in [0.25, 0.3) is 0 Å². The Morgan fingerprint density at radius 2 is 1.91 bits per heavy atom. The Labute approximate surface area is 188 Å². The summed E-state index contributed by atoms with van der Waals surface area (Å²) in [7, 11) is 0. The number of thiazole rings is 1. The fraction of sp³-hybridized carbons (Fsp3) is 0.304. The number of rotatable bonds is 6. The van der Waals surface area contributed by atoms with Crippen LogP contribution in [-0.4, -0.2) is 37.2 Å². The van der Waals surface area contributed by atoms with Gasteiger partial charge in [-0.05, 0) is 36.6 Å². The SMILES string of the molecule is O[C@@H]1CCCCC1Nc1nc2ccc(CNc3cncc(-c4cncc(F)c4)n3)cc2s1. The first kappa shape index (κ1) is 20.7. The Kier molecular flexibility index (Phi) is 5.91. The van der Waals surface area contributed by atoms with Gasteiger partial charge in [0.1, 0.15) is 11.6 Å². The zero-order valence-electron chi connectivity index (χ0n) is 17.3. The Morgan fingerprint density at radius 3 is 2.78 bits per heavy atom. The number of hydrogen-bond acceptors (Lipinski definition) is 8. The molecular formula is C23H23FN6OS. The molecule has 7 nitrogen and oxygen atoms in total. The number of pyridine rings is 1. The highest BCUT2D eigenvalue weighted by Crippen LogP contribution is 2.30. The van der Waals surface area contributed by atoms with E-state index in [0.29, 0.717) is 23.6 Å². The smallest absolute Gasteiger partial charge is 0.184 e. The predicted molar refractivity (Wildman–Crippen MR) is 124 cm³/mol. The van der Waals surface area contributed by atoms with Crippen LogP contribution in [0.2, 0.25) is 0 Å². The number of benzene rings is 1. The van der Waals surface area contributed by atoms with Gasteiger partial charge in [-0.2, -0.15) is 0 Å². The fourth-order valence-electron chi connectivity index (χ4n) is 3.91. The van der Waals surface area contributed by atoms with Crippen LogP contribution in [0.1, 0.15) is 31.2 Å². The largest absolute Gasteiger partial charge is 0.391 e. The van der Waals surface area contributed by atoms with Crippen LogP contribution in [-0.2, 0) is 6.54 Å². The van der Waals surface area contributed by atoms with E-state index in [1.54, 1.807) is 29.9 Å². The van der Waals surface area contributed by atoms with E-state index in [1.165, 1.54) is 6.07 Å². The van der Waals surface area contributed by atoms with Gasteiger partial charge in [0.15, 0.2) is 5.13 Å². The van der Waals surface area contributed by atoms with Crippen molar-refractivity contribution in [2.24, 2.45) is 0 Å². The molecule has 0 amide bonds. The predicted octanol–water partition coefficient (Wildman–Crippen LogP) is 4.61. The summed E-state index contributed by atoms with van der Waals surface area (Å²) in [5.41, 5.74) is 3.16. The lowest BCUT2D eigenvalue weighted by molar-refractivity contribution is 0.116. The molecule has 3 heterocycles. The van der Waals surface area contributed by atoms with Gasteiger partial charge in [0, 0.05) is 18.3 Å². The van der Waals surface area contributed by atoms with Crippen molar-refractivity contribution in [3.05, 3.63) is 60.4 Å². The van der Waals surface area contributed by atoms with Gasteiger partial charge in [-0.3, -0.25) is 9.97 Å². The van der Waals surface area contributed by atoms with Gasteiger partial charge in [-0.1, -0.05) is 30.2 Å². The van der Waals surface area contributed by atoms with E-state index >= 15 is 0 Å². The molecule has 32 heavy (non-hydrogen) atoms. The maximum Gasteiger partial charge on any atom is 0.184 e. The van der Waals surface area contributed by atoms with Crippen molar-refractivity contribution in [3.8, 4) is 11.3 Å². The molecule has 3 N–H and O–H groups in total. The third-order valence-electron chi connectivity index (χ3n) is 5.60. The molecule has 1 unspecified atom stereocenters. The molecule has 0 spiro atoms. The van der Waals surface area contributed by atoms with E-state index < -0.39 is 5.82 Å². The van der Waals surface area contributed by atoms with Crippen LogP contribution >= 0.6 is 11.3 Å². The average molecular weight is 451 g/mol. The van der Waals surface area contributed by atoms with Crippen molar-refractivity contribution in [1.82, 2.24) is 19.9 Å². The van der Waals surface area contributed by atoms with Crippen LogP contribution in [0.5, 0.6) is 0 Å². The molecule has 5 rings (SSSR count). The second-order valence-electron chi connectivity index (χ2n) is 7.96. The number of halogens is 1. The maximum absolute atomic E-state index is 13.5. The number of aliphatic hydroxyl groups is 1. The summed E-state index contributed by atoms with van der Waals surface area (Å²) in [5, 5.41) is 17.7. The molecule has 2 atom stereocenters. The molecule has 164 valence electrons. The molecule has 3 aromatic heterocycles. The standard InChI is InChI=1S/C23H23FN6OS/c24-16-8-15(10-25-11-16)19-12-26-13-22(28-19)27-9-14-5-6-18-21(7-14)32-23(30-18)29-17-3-1-2-4-20(17)31/h5-8,10-13,17,20,31H,1-4,9H2,(H,27,28)(H,29,30)/t17?,20-/m1/s1. The molecule has 1 aliphatic carbocycles. The lowest BCUT2D eigenvalue weighted by Gasteiger charge is -2.27. The third-order valence-corrected chi connectivity index (χ3v) is 6.55. The zero-order valence-corrected chi connectivity index (χ0v) is 18.1. The van der Waals surface area contributed by atoms with Gasteiger partial charge < -0.3 is 15.7 Å². The second-order valence-corrected chi connectivity index (χ2v) is 8.99. The van der Waals surface area contributed by atoms with Crippen LogP contribution in [0.4, 0.5) is 15.3 Å². The van der Waals surface area contributed by atoms with Crippen LogP contribution in [0.15, 0.2) is 49.1 Å². The summed E-state index contributed by atoms with van der Waals surface area (Å²) in [6.07, 6.45) is 9.67. The average Bonchev–Trinajstić information content (AvgIpc) is 3.21. The summed E-state index contributed by atoms with van der Waals surface area (Å²) < 4.78 is 14.5. The Bertz CT molecular complexity index is 1230. The fourth-order valence-corrected chi connectivity index (χ4v) is 4.90. The van der Waals surface area contributed by atoms with Gasteiger partial charge in [-0.15, -0.1) is 0 Å². The third kappa shape index (κ3) is 4.68. The normalized spacial score (nSPS) is 18.6. The van der Waals surface area contributed by atoms with Crippen molar-refractivity contribution in [2.45, 2.75) is 44.4 Å². The summed E-state index contributed by atoms with van der Waals surface area (Å²) in [6, 6.07) is 7.60. The van der Waals surface area contributed by atoms with Crippen LogP contribution < -0.4 is 10.6 Å². The molecule has 0 saturated heterocycles. The first-order chi connectivity index (χ1) is 15.6. The first-order valence-corrected chi connectivity index (χ1v) is 11.5. The van der Waals surface area contributed by atoms with Gasteiger partial charge in [0.05, 0.1) is 46.6 Å². The molecule has 4 aromatic rings. The molecule has 9 heteroatoms. The van der Waals surface area contributed by atoms with Gasteiger partial charge in [0.2, 0.25) is 0 Å². The molecule has 0 aliphatic heterocycles. The lowest BCUT2D eigenvalue weighted by atomic mass is 9.93. The molecular weight excluding hydrogens is 427 g/mol. The van der Waals surface area contributed by atoms with E-state index in [-0.39, 0.29) is 12.1 Å². The Hall–Kier alpha value is -3.17. The number of aliphatic hydroxyl groups excluding tert-OH is 1. The summed E-state index contributed by atoms with van der Waals surface area (Å²) in [4.78, 5) is 17.3. The number of hydrogen-bond donors (Lipinski definition) is 3. The zero-order chi connectivity index (χ0) is 21.9. The van der Waals surface area contributed by atoms with Crippen molar-refractivity contribution in [1.29, 1.82) is 0 Å². The Morgan fingerprint density at radius 1 is 1.03 bits per heavy atom. The van der Waals surface area contributed by atoms with Crippen molar-refractivity contribution >= 4 is 32.5 Å². The molecule has 1 aromatic carbocycles. The lowest BCUT2D eigenvalue weighted by Crippen LogP contribution is -2.36. The molecule has 0 bridgehead atoms. The van der Waals surface area contributed by atoms with Gasteiger partial charge in [-0.25, -0.2) is 14.4 Å². The second kappa shape index (κ2) is 9.13. The quantitative estimate of drug-likeness (QED) is 0.395. The van der Waals surface area contributed by atoms with E-state index in [2.05, 4.69) is 36.6 Å². The number of aromatic nitrogens is 4. The van der Waals surface area contributed by atoms with E-state index in [9.17, 15) is 9.50 Å². The van der Waals surface area contributed by atoms with Gasteiger partial charge >= 0.3 is 0 Å². The molecule has 1 fully saturated rings. The number of nitrogens with one attached hydrogen (secondary N) is 2. The van der Waals surface area contributed by atoms with Crippen LogP contribution in [0.3, 0.4) is 0 Å². The van der Waals surface area contributed by atoms with Crippen molar-refractivity contribution < 1.29 is 9.50 Å². The van der Waals surface area contributed by atoms with Crippen molar-refractivity contribution in [2.75, 3.05) is 10.6 Å². The van der Waals surface area contributed by atoms with E-state index in [4.69, 9.17) is 0 Å². The highest BCUT2D eigenvalue weighted by atomic mass is 32.1. The Balaban J connectivity index is 1.27. The van der Waals surface area contributed by atoms with E-state index in [0.717, 1.165) is 52.8 Å². The van der Waals surface area contributed by atoms with Crippen LogP contribution in [0, 0.1) is 5.82 Å². The van der Waals surface area contributed by atoms with Crippen molar-refractivity contribution in [3.63, 3.8) is 0 Å². The minimum absolute atomic E-state index is 0.0737. The highest BCUT2D eigenvalue weighted by molar-refractivity contribution is 7.22.